The molecular weight excluding hydrogens is 203 g/mol. The van der Waals surface area contributed by atoms with Crippen molar-refractivity contribution in [2.24, 2.45) is 0 Å². The van der Waals surface area contributed by atoms with Crippen molar-refractivity contribution in [3.05, 3.63) is 0 Å². The van der Waals surface area contributed by atoms with Gasteiger partial charge in [-0.25, -0.2) is 0 Å². The maximum atomic E-state index is 9.51. The van der Waals surface area contributed by atoms with Gasteiger partial charge in [-0.05, 0) is 0 Å². The number of aliphatic hydroxyl groups excluding tert-OH is 4. The summed E-state index contributed by atoms with van der Waals surface area (Å²) in [5, 5.41) is 37.2. The maximum absolute atomic E-state index is 9.51. The molecule has 0 radical (unpaired) electrons. The van der Waals surface area contributed by atoms with E-state index in [1.807, 2.05) is 7.85 Å². The van der Waals surface area contributed by atoms with Crippen molar-refractivity contribution in [2.45, 2.75) is 37.0 Å². The highest BCUT2D eigenvalue weighted by molar-refractivity contribution is 6.08. The first-order valence-corrected chi connectivity index (χ1v) is 5.04. The average Bonchev–Trinajstić information content (AvgIpc) is 2.25. The molecule has 88 valence electrons. The van der Waals surface area contributed by atoms with E-state index in [-0.39, 0.29) is 0 Å². The summed E-state index contributed by atoms with van der Waals surface area (Å²) < 4.78 is 10.2. The van der Waals surface area contributed by atoms with Crippen molar-refractivity contribution >= 4 is 7.85 Å². The van der Waals surface area contributed by atoms with Gasteiger partial charge in [0.05, 0.1) is 6.61 Å². The molecule has 1 rings (SSSR count). The number of ether oxygens (including phenoxy) is 2. The van der Waals surface area contributed by atoms with Crippen LogP contribution in [-0.4, -0.2) is 72.2 Å². The fourth-order valence-electron chi connectivity index (χ4n) is 1.44. The molecule has 6 nitrogen and oxygen atoms in total. The Bertz CT molecular complexity index is 190. The third-order valence-electron chi connectivity index (χ3n) is 2.33. The molecule has 1 aliphatic rings. The van der Waals surface area contributed by atoms with Crippen LogP contribution in [0.5, 0.6) is 0 Å². The molecule has 0 aromatic heterocycles. The highest BCUT2D eigenvalue weighted by Crippen LogP contribution is 2.21. The van der Waals surface area contributed by atoms with Gasteiger partial charge in [0.2, 0.25) is 0 Å². The summed E-state index contributed by atoms with van der Waals surface area (Å²) in [6.45, 7) is -0.0559. The first-order valence-electron chi connectivity index (χ1n) is 5.04. The summed E-state index contributed by atoms with van der Waals surface area (Å²) in [7, 11) is 1.89. The lowest BCUT2D eigenvalue weighted by Gasteiger charge is -2.39. The van der Waals surface area contributed by atoms with Crippen LogP contribution >= 0.6 is 0 Å². The second-order valence-electron chi connectivity index (χ2n) is 3.57. The molecule has 0 spiro atoms. The maximum Gasteiger partial charge on any atom is 0.186 e. The van der Waals surface area contributed by atoms with Crippen LogP contribution in [0.25, 0.3) is 0 Å². The Labute approximate surface area is 88.8 Å². The molecule has 0 amide bonds. The third kappa shape index (κ3) is 2.90. The largest absolute Gasteiger partial charge is 0.394 e. The molecule has 0 aromatic carbocycles. The molecule has 4 N–H and O–H groups in total. The molecule has 0 saturated carbocycles. The van der Waals surface area contributed by atoms with E-state index >= 15 is 0 Å². The van der Waals surface area contributed by atoms with Crippen molar-refractivity contribution in [1.29, 1.82) is 0 Å². The average molecular weight is 220 g/mol. The predicted octanol–water partition coefficient (Wildman–Crippen LogP) is -3.15. The zero-order chi connectivity index (χ0) is 11.4. The van der Waals surface area contributed by atoms with E-state index < -0.39 is 37.3 Å². The smallest absolute Gasteiger partial charge is 0.186 e. The van der Waals surface area contributed by atoms with Crippen LogP contribution in [0.4, 0.5) is 0 Å². The van der Waals surface area contributed by atoms with Gasteiger partial charge in [0, 0.05) is 6.61 Å². The Hall–Kier alpha value is -0.175. The van der Waals surface area contributed by atoms with Crippen LogP contribution in [0.1, 0.15) is 0 Å². The van der Waals surface area contributed by atoms with Crippen molar-refractivity contribution in [2.75, 3.05) is 13.2 Å². The fraction of sp³-hybridized carbons (Fsp3) is 1.00. The number of hydrogen-bond donors (Lipinski definition) is 4. The van der Waals surface area contributed by atoms with Gasteiger partial charge in [-0.2, -0.15) is 0 Å². The monoisotopic (exact) mass is 220 g/mol. The van der Waals surface area contributed by atoms with E-state index in [1.165, 1.54) is 0 Å². The van der Waals surface area contributed by atoms with Crippen molar-refractivity contribution in [3.8, 4) is 0 Å². The van der Waals surface area contributed by atoms with Crippen LogP contribution < -0.4 is 0 Å². The van der Waals surface area contributed by atoms with Gasteiger partial charge in [-0.15, -0.1) is 0 Å². The van der Waals surface area contributed by atoms with Crippen LogP contribution in [0, 0.1) is 0 Å². The highest BCUT2D eigenvalue weighted by Gasteiger charge is 2.43. The summed E-state index contributed by atoms with van der Waals surface area (Å²) in [6.07, 6.45) is -5.14. The van der Waals surface area contributed by atoms with Crippen molar-refractivity contribution < 1.29 is 29.9 Å². The van der Waals surface area contributed by atoms with Crippen molar-refractivity contribution in [3.63, 3.8) is 0 Å². The minimum absolute atomic E-state index is 0.378. The van der Waals surface area contributed by atoms with Gasteiger partial charge in [0.1, 0.15) is 32.3 Å². The summed E-state index contributed by atoms with van der Waals surface area (Å²) in [6, 6.07) is 0. The molecule has 1 saturated heterocycles. The zero-order valence-electron chi connectivity index (χ0n) is 8.61. The molecule has 5 atom stereocenters. The molecule has 1 fully saturated rings. The Morgan fingerprint density at radius 3 is 2.33 bits per heavy atom. The number of rotatable bonds is 4. The van der Waals surface area contributed by atoms with E-state index in [9.17, 15) is 15.3 Å². The lowest BCUT2D eigenvalue weighted by Crippen LogP contribution is -2.59. The van der Waals surface area contributed by atoms with Crippen LogP contribution in [-0.2, 0) is 9.47 Å². The minimum Gasteiger partial charge on any atom is -0.394 e. The Morgan fingerprint density at radius 1 is 1.13 bits per heavy atom. The quantitative estimate of drug-likeness (QED) is 0.373. The van der Waals surface area contributed by atoms with Gasteiger partial charge < -0.3 is 29.9 Å². The zero-order valence-corrected chi connectivity index (χ0v) is 8.61. The van der Waals surface area contributed by atoms with E-state index in [4.69, 9.17) is 14.6 Å². The summed E-state index contributed by atoms with van der Waals surface area (Å²) in [5.41, 5.74) is 0. The van der Waals surface area contributed by atoms with Crippen LogP contribution in [0.2, 0.25) is 6.32 Å². The van der Waals surface area contributed by atoms with E-state index in [1.54, 1.807) is 0 Å². The molecule has 0 aliphatic carbocycles. The lowest BCUT2D eigenvalue weighted by molar-refractivity contribution is -0.299. The number of aliphatic hydroxyl groups is 4. The van der Waals surface area contributed by atoms with Crippen molar-refractivity contribution in [1.82, 2.24) is 0 Å². The predicted molar refractivity (Wildman–Crippen MR) is 53.1 cm³/mol. The molecule has 15 heavy (non-hydrogen) atoms. The first-order chi connectivity index (χ1) is 7.11. The van der Waals surface area contributed by atoms with E-state index in [0.717, 1.165) is 6.32 Å². The molecule has 1 unspecified atom stereocenters. The summed E-state index contributed by atoms with van der Waals surface area (Å²) in [4.78, 5) is 0. The number of hydrogen-bond acceptors (Lipinski definition) is 6. The SMILES string of the molecule is BCCOC1O[C@H](CO)[C@H](O)[C@H](O)[C@H]1O. The molecule has 0 aromatic rings. The van der Waals surface area contributed by atoms with Gasteiger partial charge in [0.25, 0.3) is 0 Å². The summed E-state index contributed by atoms with van der Waals surface area (Å²) in [5.74, 6) is 0. The Kier molecular flexibility index (Phi) is 4.97. The Morgan fingerprint density at radius 2 is 1.80 bits per heavy atom. The molecule has 7 heteroatoms. The van der Waals surface area contributed by atoms with E-state index in [2.05, 4.69) is 0 Å². The highest BCUT2D eigenvalue weighted by atomic mass is 16.7. The standard InChI is InChI=1S/C8H17BO6/c9-1-2-14-8-7(13)6(12)5(11)4(3-10)15-8/h4-8,10-13H,1-3,9H2/t4-,5+,6+,7-,8?/m1/s1. The first kappa shape index (κ1) is 12.9. The second-order valence-corrected chi connectivity index (χ2v) is 3.57. The molecule has 1 heterocycles. The topological polar surface area (TPSA) is 99.4 Å². The Balaban J connectivity index is 2.57. The molecular formula is C8H17BO6. The summed E-state index contributed by atoms with van der Waals surface area (Å²) >= 11 is 0. The van der Waals surface area contributed by atoms with Gasteiger partial charge >= 0.3 is 0 Å². The molecule has 1 aliphatic heterocycles. The van der Waals surface area contributed by atoms with Gasteiger partial charge in [0.15, 0.2) is 6.29 Å². The third-order valence-corrected chi connectivity index (χ3v) is 2.33. The van der Waals surface area contributed by atoms with Crippen LogP contribution in [0.15, 0.2) is 0 Å². The lowest BCUT2D eigenvalue weighted by atomic mass is 9.99. The minimum atomic E-state index is -1.36. The fourth-order valence-corrected chi connectivity index (χ4v) is 1.44. The van der Waals surface area contributed by atoms with Gasteiger partial charge in [-0.1, -0.05) is 6.32 Å². The van der Waals surface area contributed by atoms with E-state index in [0.29, 0.717) is 6.61 Å². The molecule has 0 bridgehead atoms. The second kappa shape index (κ2) is 5.79. The van der Waals surface area contributed by atoms with Crippen LogP contribution in [0.3, 0.4) is 0 Å². The van der Waals surface area contributed by atoms with Gasteiger partial charge in [-0.3, -0.25) is 0 Å². The normalized spacial score (nSPS) is 41.7.